The van der Waals surface area contributed by atoms with Gasteiger partial charge in [-0.25, -0.2) is 0 Å². The first-order valence-electron chi connectivity index (χ1n) is 7.67. The Balaban J connectivity index is 1.83. The van der Waals surface area contributed by atoms with Crippen LogP contribution in [0.1, 0.15) is 41.1 Å². The third kappa shape index (κ3) is 1.95. The van der Waals surface area contributed by atoms with E-state index in [1.165, 1.54) is 18.4 Å². The van der Waals surface area contributed by atoms with E-state index in [0.717, 1.165) is 41.2 Å². The lowest BCUT2D eigenvalue weighted by atomic mass is 9.95. The molecule has 1 aliphatic heterocycles. The summed E-state index contributed by atoms with van der Waals surface area (Å²) in [7, 11) is 0. The molecule has 1 aromatic heterocycles. The van der Waals surface area contributed by atoms with Gasteiger partial charge in [0.15, 0.2) is 0 Å². The Morgan fingerprint density at radius 1 is 1.27 bits per heavy atom. The van der Waals surface area contributed by atoms with Gasteiger partial charge in [-0.15, -0.1) is 0 Å². The molecule has 2 heterocycles. The monoisotopic (exact) mass is 294 g/mol. The van der Waals surface area contributed by atoms with Crippen molar-refractivity contribution in [2.75, 3.05) is 11.1 Å². The van der Waals surface area contributed by atoms with E-state index >= 15 is 0 Å². The minimum Gasteiger partial charge on any atom is -0.461 e. The van der Waals surface area contributed by atoms with Crippen LogP contribution in [0.3, 0.4) is 0 Å². The highest BCUT2D eigenvalue weighted by Crippen LogP contribution is 2.37. The van der Waals surface area contributed by atoms with E-state index in [9.17, 15) is 4.79 Å². The Morgan fingerprint density at radius 3 is 2.91 bits per heavy atom. The van der Waals surface area contributed by atoms with Crippen LogP contribution in [0.5, 0.6) is 0 Å². The van der Waals surface area contributed by atoms with Crippen molar-refractivity contribution in [2.45, 2.75) is 32.6 Å². The zero-order valence-corrected chi connectivity index (χ0v) is 12.5. The van der Waals surface area contributed by atoms with Gasteiger partial charge in [-0.05, 0) is 61.6 Å². The van der Waals surface area contributed by atoms with Gasteiger partial charge in [-0.2, -0.15) is 0 Å². The third-order valence-corrected chi connectivity index (χ3v) is 4.57. The number of nitrogens with one attached hydrogen (secondary N) is 1. The Kier molecular flexibility index (Phi) is 2.86. The molecule has 0 saturated heterocycles. The molecule has 4 rings (SSSR count). The minimum absolute atomic E-state index is 0.102. The molecule has 0 atom stereocenters. The molecule has 22 heavy (non-hydrogen) atoms. The highest BCUT2D eigenvalue weighted by atomic mass is 16.3. The van der Waals surface area contributed by atoms with Gasteiger partial charge in [0, 0.05) is 23.4 Å². The van der Waals surface area contributed by atoms with Gasteiger partial charge in [-0.1, -0.05) is 0 Å². The fraction of sp³-hybridized carbons (Fsp3) is 0.278. The molecule has 4 heteroatoms. The summed E-state index contributed by atoms with van der Waals surface area (Å²) in [6.07, 6.45) is 6.31. The molecule has 0 bridgehead atoms. The lowest BCUT2D eigenvalue weighted by molar-refractivity contribution is -0.110. The summed E-state index contributed by atoms with van der Waals surface area (Å²) in [4.78, 5) is 12.2. The molecule has 0 spiro atoms. The Labute approximate surface area is 129 Å². The predicted molar refractivity (Wildman–Crippen MR) is 87.4 cm³/mol. The Bertz CT molecular complexity index is 815. The lowest BCUT2D eigenvalue weighted by Gasteiger charge is -2.08. The SMILES string of the molecule is Cc1c(C=C2C(=O)Nc3ccc(N)cc32)oc2c1CCCC2. The molecule has 4 nitrogen and oxygen atoms in total. The van der Waals surface area contributed by atoms with Crippen molar-refractivity contribution in [2.24, 2.45) is 0 Å². The number of nitrogens with two attached hydrogens (primary N) is 1. The first kappa shape index (κ1) is 13.2. The van der Waals surface area contributed by atoms with Crippen LogP contribution in [0, 0.1) is 6.92 Å². The van der Waals surface area contributed by atoms with Crippen LogP contribution in [0.4, 0.5) is 11.4 Å². The quantitative estimate of drug-likeness (QED) is 0.624. The van der Waals surface area contributed by atoms with Crippen molar-refractivity contribution in [3.63, 3.8) is 0 Å². The number of hydrogen-bond acceptors (Lipinski definition) is 3. The molecule has 1 aliphatic carbocycles. The van der Waals surface area contributed by atoms with Crippen molar-refractivity contribution in [3.8, 4) is 0 Å². The summed E-state index contributed by atoms with van der Waals surface area (Å²) >= 11 is 0. The van der Waals surface area contributed by atoms with Crippen LogP contribution in [0.25, 0.3) is 11.6 Å². The van der Waals surface area contributed by atoms with E-state index in [2.05, 4.69) is 12.2 Å². The number of amides is 1. The smallest absolute Gasteiger partial charge is 0.256 e. The van der Waals surface area contributed by atoms with E-state index in [1.807, 2.05) is 18.2 Å². The van der Waals surface area contributed by atoms with Gasteiger partial charge >= 0.3 is 0 Å². The fourth-order valence-electron chi connectivity index (χ4n) is 3.36. The molecule has 1 amide bonds. The second-order valence-corrected chi connectivity index (χ2v) is 6.02. The largest absolute Gasteiger partial charge is 0.461 e. The van der Waals surface area contributed by atoms with Crippen molar-refractivity contribution >= 4 is 28.9 Å². The Hall–Kier alpha value is -2.49. The molecule has 112 valence electrons. The fourth-order valence-corrected chi connectivity index (χ4v) is 3.36. The van der Waals surface area contributed by atoms with Crippen LogP contribution in [-0.2, 0) is 17.6 Å². The number of furan rings is 1. The van der Waals surface area contributed by atoms with Gasteiger partial charge in [0.05, 0.1) is 5.57 Å². The average molecular weight is 294 g/mol. The number of fused-ring (bicyclic) bond motifs is 2. The summed E-state index contributed by atoms with van der Waals surface area (Å²) in [5, 5.41) is 2.87. The van der Waals surface area contributed by atoms with Crippen molar-refractivity contribution in [1.82, 2.24) is 0 Å². The standard InChI is InChI=1S/C18H18N2O2/c1-10-12-4-2-3-5-16(12)22-17(10)9-14-13-8-11(19)6-7-15(13)20-18(14)21/h6-9H,2-5,19H2,1H3,(H,20,21). The van der Waals surface area contributed by atoms with Crippen molar-refractivity contribution in [3.05, 3.63) is 46.4 Å². The molecule has 0 fully saturated rings. The normalized spacial score (nSPS) is 18.2. The number of anilines is 2. The second kappa shape index (κ2) is 4.77. The molecule has 2 aromatic rings. The maximum atomic E-state index is 12.2. The van der Waals surface area contributed by atoms with Crippen molar-refractivity contribution < 1.29 is 9.21 Å². The van der Waals surface area contributed by atoms with Crippen molar-refractivity contribution in [1.29, 1.82) is 0 Å². The molecule has 2 aliphatic rings. The lowest BCUT2D eigenvalue weighted by Crippen LogP contribution is -2.03. The Morgan fingerprint density at radius 2 is 2.09 bits per heavy atom. The highest BCUT2D eigenvalue weighted by molar-refractivity contribution is 6.35. The number of benzene rings is 1. The number of hydrogen-bond donors (Lipinski definition) is 2. The molecular formula is C18H18N2O2. The van der Waals surface area contributed by atoms with Crippen LogP contribution >= 0.6 is 0 Å². The second-order valence-electron chi connectivity index (χ2n) is 6.02. The average Bonchev–Trinajstić information content (AvgIpc) is 2.99. The van der Waals surface area contributed by atoms with Gasteiger partial charge in [0.2, 0.25) is 0 Å². The van der Waals surface area contributed by atoms with E-state index < -0.39 is 0 Å². The number of carbonyl (C=O) groups is 1. The maximum absolute atomic E-state index is 12.2. The topological polar surface area (TPSA) is 68.3 Å². The van der Waals surface area contributed by atoms with E-state index in [4.69, 9.17) is 10.2 Å². The number of carbonyl (C=O) groups excluding carboxylic acids is 1. The number of rotatable bonds is 1. The number of aryl methyl sites for hydroxylation is 1. The van der Waals surface area contributed by atoms with Crippen LogP contribution in [0.15, 0.2) is 22.6 Å². The molecule has 1 aromatic carbocycles. The first-order valence-corrected chi connectivity index (χ1v) is 7.67. The predicted octanol–water partition coefficient (Wildman–Crippen LogP) is 3.54. The van der Waals surface area contributed by atoms with Gasteiger partial charge in [0.25, 0.3) is 5.91 Å². The summed E-state index contributed by atoms with van der Waals surface area (Å²) < 4.78 is 6.00. The summed E-state index contributed by atoms with van der Waals surface area (Å²) in [6, 6.07) is 5.46. The summed E-state index contributed by atoms with van der Waals surface area (Å²) in [5.41, 5.74) is 11.3. The summed E-state index contributed by atoms with van der Waals surface area (Å²) in [5.74, 6) is 1.78. The van der Waals surface area contributed by atoms with E-state index in [0.29, 0.717) is 11.3 Å². The molecule has 0 unspecified atom stereocenters. The maximum Gasteiger partial charge on any atom is 0.256 e. The molecule has 0 saturated carbocycles. The molecule has 3 N–H and O–H groups in total. The molecule has 0 radical (unpaired) electrons. The molecular weight excluding hydrogens is 276 g/mol. The summed E-state index contributed by atoms with van der Waals surface area (Å²) in [6.45, 7) is 2.08. The van der Waals surface area contributed by atoms with Crippen LogP contribution in [-0.4, -0.2) is 5.91 Å². The van der Waals surface area contributed by atoms with Crippen LogP contribution in [0.2, 0.25) is 0 Å². The third-order valence-electron chi connectivity index (χ3n) is 4.57. The minimum atomic E-state index is -0.102. The van der Waals surface area contributed by atoms with Gasteiger partial charge in [0.1, 0.15) is 11.5 Å². The number of nitrogen functional groups attached to an aromatic ring is 1. The zero-order valence-electron chi connectivity index (χ0n) is 12.5. The van der Waals surface area contributed by atoms with Gasteiger partial charge in [-0.3, -0.25) is 4.79 Å². The van der Waals surface area contributed by atoms with E-state index in [1.54, 1.807) is 6.07 Å². The first-order chi connectivity index (χ1) is 10.6. The van der Waals surface area contributed by atoms with E-state index in [-0.39, 0.29) is 5.91 Å². The van der Waals surface area contributed by atoms with Crippen LogP contribution < -0.4 is 11.1 Å². The van der Waals surface area contributed by atoms with Gasteiger partial charge < -0.3 is 15.5 Å². The zero-order chi connectivity index (χ0) is 15.3. The highest BCUT2D eigenvalue weighted by Gasteiger charge is 2.26.